The van der Waals surface area contributed by atoms with Gasteiger partial charge in [0.2, 0.25) is 5.28 Å². The molecule has 0 atom stereocenters. The number of aromatic nitrogens is 3. The lowest BCUT2D eigenvalue weighted by Gasteiger charge is -2.30. The first-order valence-corrected chi connectivity index (χ1v) is 9.87. The second kappa shape index (κ2) is 7.07. The molecule has 6 nitrogen and oxygen atoms in total. The maximum absolute atomic E-state index is 8.91. The molecule has 0 spiro atoms. The third-order valence-corrected chi connectivity index (χ3v) is 6.07. The van der Waals surface area contributed by atoms with Crippen LogP contribution in [0.3, 0.4) is 0 Å². The Bertz CT molecular complexity index is 712. The molecule has 2 aromatic rings. The van der Waals surface area contributed by atoms with Gasteiger partial charge in [0.25, 0.3) is 0 Å². The van der Waals surface area contributed by atoms with E-state index in [0.717, 1.165) is 41.8 Å². The molecule has 8 heteroatoms. The first kappa shape index (κ1) is 16.4. The van der Waals surface area contributed by atoms with Crippen molar-refractivity contribution in [2.75, 3.05) is 18.5 Å². The molecule has 4 rings (SSSR count). The minimum Gasteiger partial charge on any atom is -0.395 e. The summed E-state index contributed by atoms with van der Waals surface area (Å²) in [6.07, 6.45) is 6.81. The van der Waals surface area contributed by atoms with Gasteiger partial charge >= 0.3 is 0 Å². The number of thiazole rings is 1. The van der Waals surface area contributed by atoms with Crippen molar-refractivity contribution in [2.45, 2.75) is 56.5 Å². The molecule has 0 aromatic carbocycles. The largest absolute Gasteiger partial charge is 0.395 e. The number of rotatable bonds is 6. The predicted octanol–water partition coefficient (Wildman–Crippen LogP) is 2.92. The topological polar surface area (TPSA) is 83.0 Å². The molecule has 0 radical (unpaired) electrons. The summed E-state index contributed by atoms with van der Waals surface area (Å²) in [5, 5.41) is 17.3. The van der Waals surface area contributed by atoms with Gasteiger partial charge in [0.1, 0.15) is 5.52 Å². The summed E-state index contributed by atoms with van der Waals surface area (Å²) in [5.74, 6) is 1.39. The van der Waals surface area contributed by atoms with Crippen molar-refractivity contribution >= 4 is 39.1 Å². The van der Waals surface area contributed by atoms with E-state index < -0.39 is 0 Å². The van der Waals surface area contributed by atoms with E-state index in [9.17, 15) is 0 Å². The van der Waals surface area contributed by atoms with Gasteiger partial charge in [0.05, 0.1) is 11.6 Å². The number of aliphatic hydroxyl groups is 1. The van der Waals surface area contributed by atoms with Gasteiger partial charge in [-0.2, -0.15) is 4.98 Å². The Labute approximate surface area is 150 Å². The molecule has 2 saturated carbocycles. The summed E-state index contributed by atoms with van der Waals surface area (Å²) in [7, 11) is 0. The van der Waals surface area contributed by atoms with E-state index in [-0.39, 0.29) is 11.9 Å². The van der Waals surface area contributed by atoms with Crippen LogP contribution in [0.1, 0.15) is 49.5 Å². The number of nitrogens with zero attached hydrogens (tertiary/aromatic N) is 3. The number of nitrogens with one attached hydrogen (secondary N) is 2. The molecule has 24 heavy (non-hydrogen) atoms. The molecule has 0 bridgehead atoms. The van der Waals surface area contributed by atoms with Crippen LogP contribution in [0, 0.1) is 0 Å². The first-order chi connectivity index (χ1) is 11.7. The Morgan fingerprint density at radius 1 is 1.04 bits per heavy atom. The van der Waals surface area contributed by atoms with E-state index in [2.05, 4.69) is 20.6 Å². The molecule has 2 aliphatic rings. The van der Waals surface area contributed by atoms with Crippen LogP contribution in [0.15, 0.2) is 0 Å². The minimum absolute atomic E-state index is 0.197. The molecular formula is C16H22ClN5OS. The summed E-state index contributed by atoms with van der Waals surface area (Å²) in [4.78, 5) is 14.4. The van der Waals surface area contributed by atoms with Crippen LogP contribution in [0.5, 0.6) is 0 Å². The normalized spacial score (nSPS) is 24.4. The van der Waals surface area contributed by atoms with Crippen molar-refractivity contribution in [1.29, 1.82) is 0 Å². The molecule has 0 amide bonds. The average Bonchev–Trinajstić information content (AvgIpc) is 3.34. The molecule has 2 fully saturated rings. The highest BCUT2D eigenvalue weighted by Crippen LogP contribution is 2.43. The fourth-order valence-corrected chi connectivity index (χ4v) is 4.65. The molecule has 2 aromatic heterocycles. The van der Waals surface area contributed by atoms with E-state index in [1.54, 1.807) is 11.3 Å². The lowest BCUT2D eigenvalue weighted by Crippen LogP contribution is -2.38. The summed E-state index contributed by atoms with van der Waals surface area (Å²) in [6.45, 7) is 0.871. The van der Waals surface area contributed by atoms with Gasteiger partial charge in [-0.25, -0.2) is 9.97 Å². The standard InChI is InChI=1S/C16H22ClN5OS/c17-16-21-13(12-15(22-16)24-14(20-12)9-1-2-9)19-11-5-3-10(4-6-11)18-7-8-23/h9-11,18,23H,1-8H2,(H,19,21,22)/t10-,11-. The Balaban J connectivity index is 1.46. The number of halogens is 1. The maximum Gasteiger partial charge on any atom is 0.225 e. The molecule has 2 heterocycles. The lowest BCUT2D eigenvalue weighted by atomic mass is 9.91. The fourth-order valence-electron chi connectivity index (χ4n) is 3.32. The van der Waals surface area contributed by atoms with Crippen LogP contribution in [0.4, 0.5) is 5.82 Å². The summed E-state index contributed by atoms with van der Waals surface area (Å²) >= 11 is 7.76. The van der Waals surface area contributed by atoms with Gasteiger partial charge in [-0.15, -0.1) is 0 Å². The monoisotopic (exact) mass is 367 g/mol. The van der Waals surface area contributed by atoms with Crippen LogP contribution < -0.4 is 10.6 Å². The summed E-state index contributed by atoms with van der Waals surface area (Å²) < 4.78 is 0. The molecular weight excluding hydrogens is 346 g/mol. The van der Waals surface area contributed by atoms with Gasteiger partial charge in [0.15, 0.2) is 10.6 Å². The van der Waals surface area contributed by atoms with Gasteiger partial charge in [0, 0.05) is 24.5 Å². The van der Waals surface area contributed by atoms with Gasteiger partial charge in [-0.05, 0) is 50.1 Å². The Hall–Kier alpha value is -1.02. The van der Waals surface area contributed by atoms with Gasteiger partial charge < -0.3 is 15.7 Å². The highest BCUT2D eigenvalue weighted by atomic mass is 35.5. The quantitative estimate of drug-likeness (QED) is 0.681. The minimum atomic E-state index is 0.197. The van der Waals surface area contributed by atoms with Gasteiger partial charge in [-0.3, -0.25) is 0 Å². The molecule has 0 saturated heterocycles. The zero-order valence-corrected chi connectivity index (χ0v) is 15.0. The summed E-state index contributed by atoms with van der Waals surface area (Å²) in [5.41, 5.74) is 0.867. The van der Waals surface area contributed by atoms with Crippen LogP contribution in [-0.2, 0) is 0 Å². The van der Waals surface area contributed by atoms with Crippen molar-refractivity contribution < 1.29 is 5.11 Å². The molecule has 0 aliphatic heterocycles. The number of fused-ring (bicyclic) bond motifs is 1. The Morgan fingerprint density at radius 2 is 1.79 bits per heavy atom. The highest BCUT2D eigenvalue weighted by molar-refractivity contribution is 7.18. The number of aliphatic hydroxyl groups excluding tert-OH is 1. The summed E-state index contributed by atoms with van der Waals surface area (Å²) in [6, 6.07) is 0.891. The predicted molar refractivity (Wildman–Crippen MR) is 97.0 cm³/mol. The maximum atomic E-state index is 8.91. The van der Waals surface area contributed by atoms with Crippen molar-refractivity contribution in [3.63, 3.8) is 0 Å². The van der Waals surface area contributed by atoms with Crippen molar-refractivity contribution in [3.8, 4) is 0 Å². The zero-order valence-electron chi connectivity index (χ0n) is 13.5. The fraction of sp³-hybridized carbons (Fsp3) is 0.688. The smallest absolute Gasteiger partial charge is 0.225 e. The number of hydrogen-bond donors (Lipinski definition) is 3. The molecule has 130 valence electrons. The average molecular weight is 368 g/mol. The van der Waals surface area contributed by atoms with E-state index in [0.29, 0.717) is 24.5 Å². The second-order valence-corrected chi connectivity index (χ2v) is 8.04. The highest BCUT2D eigenvalue weighted by Gasteiger charge is 2.29. The number of hydrogen-bond acceptors (Lipinski definition) is 7. The zero-order chi connectivity index (χ0) is 16.5. The van der Waals surface area contributed by atoms with E-state index in [4.69, 9.17) is 21.7 Å². The van der Waals surface area contributed by atoms with Crippen LogP contribution >= 0.6 is 22.9 Å². The molecule has 0 unspecified atom stereocenters. The van der Waals surface area contributed by atoms with E-state index in [1.165, 1.54) is 17.8 Å². The van der Waals surface area contributed by atoms with E-state index >= 15 is 0 Å². The molecule has 3 N–H and O–H groups in total. The lowest BCUT2D eigenvalue weighted by molar-refractivity contribution is 0.269. The van der Waals surface area contributed by atoms with Crippen molar-refractivity contribution in [1.82, 2.24) is 20.3 Å². The Kier molecular flexibility index (Phi) is 4.85. The number of anilines is 1. The van der Waals surface area contributed by atoms with Crippen LogP contribution in [0.25, 0.3) is 10.3 Å². The SMILES string of the molecule is OCCN[C@H]1CC[C@H](Nc2nc(Cl)nc3sc(C4CC4)nc23)CC1. The van der Waals surface area contributed by atoms with Crippen molar-refractivity contribution in [2.24, 2.45) is 0 Å². The molecule has 2 aliphatic carbocycles. The third-order valence-electron chi connectivity index (χ3n) is 4.79. The second-order valence-electron chi connectivity index (χ2n) is 6.69. The Morgan fingerprint density at radius 3 is 2.50 bits per heavy atom. The van der Waals surface area contributed by atoms with E-state index in [1.807, 2.05) is 0 Å². The van der Waals surface area contributed by atoms with Crippen LogP contribution in [0.2, 0.25) is 5.28 Å². The van der Waals surface area contributed by atoms with Crippen molar-refractivity contribution in [3.05, 3.63) is 10.3 Å². The van der Waals surface area contributed by atoms with Gasteiger partial charge in [-0.1, -0.05) is 11.3 Å². The third kappa shape index (κ3) is 3.64. The van der Waals surface area contributed by atoms with Crippen LogP contribution in [-0.4, -0.2) is 45.3 Å². The first-order valence-electron chi connectivity index (χ1n) is 8.67.